The van der Waals surface area contributed by atoms with Crippen molar-refractivity contribution in [1.82, 2.24) is 0 Å². The second-order valence-corrected chi connectivity index (χ2v) is 5.67. The summed E-state index contributed by atoms with van der Waals surface area (Å²) in [5.74, 6) is 1.75. The zero-order chi connectivity index (χ0) is 13.1. The van der Waals surface area contributed by atoms with Gasteiger partial charge in [-0.3, -0.25) is 0 Å². The van der Waals surface area contributed by atoms with E-state index >= 15 is 0 Å². The van der Waals surface area contributed by atoms with Crippen molar-refractivity contribution in [3.05, 3.63) is 57.6 Å². The fraction of sp³-hybridized carbons (Fsp3) is 0.200. The second kappa shape index (κ2) is 5.89. The molecule has 0 fully saturated rings. The van der Waals surface area contributed by atoms with E-state index in [4.69, 9.17) is 4.74 Å². The Labute approximate surface area is 124 Å². The quantitative estimate of drug-likeness (QED) is 0.625. The number of hydrogen-bond acceptors (Lipinski definition) is 1. The van der Waals surface area contributed by atoms with Gasteiger partial charge in [0.2, 0.25) is 0 Å². The zero-order valence-electron chi connectivity index (χ0n) is 10.3. The lowest BCUT2D eigenvalue weighted by molar-refractivity contribution is 0.478. The Morgan fingerprint density at radius 2 is 1.83 bits per heavy atom. The van der Waals surface area contributed by atoms with E-state index in [2.05, 4.69) is 63.9 Å². The molecule has 1 nitrogen and oxygen atoms in total. The number of benzene rings is 2. The summed E-state index contributed by atoms with van der Waals surface area (Å²) >= 11 is 6.99. The van der Waals surface area contributed by atoms with Crippen molar-refractivity contribution in [2.24, 2.45) is 0 Å². The summed E-state index contributed by atoms with van der Waals surface area (Å²) in [6, 6.07) is 12.2. The van der Waals surface area contributed by atoms with Gasteiger partial charge in [-0.2, -0.15) is 0 Å². The van der Waals surface area contributed by atoms with E-state index in [1.54, 1.807) is 0 Å². The second-order valence-electron chi connectivity index (χ2n) is 4.26. The molecule has 0 aromatic heterocycles. The zero-order valence-corrected chi connectivity index (χ0v) is 13.5. The molecule has 3 heteroatoms. The highest BCUT2D eigenvalue weighted by atomic mass is 79.9. The van der Waals surface area contributed by atoms with Gasteiger partial charge in [-0.1, -0.05) is 55.6 Å². The third kappa shape index (κ3) is 3.15. The molecule has 0 saturated carbocycles. The summed E-state index contributed by atoms with van der Waals surface area (Å²) in [5, 5.41) is 0.831. The van der Waals surface area contributed by atoms with Crippen molar-refractivity contribution in [2.75, 3.05) is 0 Å². The molecule has 0 heterocycles. The van der Waals surface area contributed by atoms with Gasteiger partial charge in [0.25, 0.3) is 0 Å². The summed E-state index contributed by atoms with van der Waals surface area (Å²) < 4.78 is 6.96. The Balaban J connectivity index is 2.26. The average Bonchev–Trinajstić information content (AvgIpc) is 2.33. The normalized spacial score (nSPS) is 10.4. The van der Waals surface area contributed by atoms with E-state index < -0.39 is 0 Å². The van der Waals surface area contributed by atoms with Crippen LogP contribution in [0.2, 0.25) is 0 Å². The van der Waals surface area contributed by atoms with Crippen molar-refractivity contribution in [3.63, 3.8) is 0 Å². The molecule has 0 aliphatic heterocycles. The monoisotopic (exact) mass is 368 g/mol. The van der Waals surface area contributed by atoms with Gasteiger partial charge in [-0.25, -0.2) is 0 Å². The fourth-order valence-electron chi connectivity index (χ4n) is 1.74. The lowest BCUT2D eigenvalue weighted by Crippen LogP contribution is -1.89. The Kier molecular flexibility index (Phi) is 4.46. The van der Waals surface area contributed by atoms with Crippen LogP contribution in [0.15, 0.2) is 40.9 Å². The minimum atomic E-state index is 0.831. The van der Waals surface area contributed by atoms with Crippen LogP contribution in [-0.2, 0) is 5.33 Å². The largest absolute Gasteiger partial charge is 0.457 e. The highest BCUT2D eigenvalue weighted by molar-refractivity contribution is 9.10. The molecule has 0 bridgehead atoms. The molecule has 94 valence electrons. The standard InChI is InChI=1S/C15H14Br2O/c1-10-3-6-15(11(2)7-10)18-13-5-4-12(9-16)14(17)8-13/h3-8H,9H2,1-2H3. The highest BCUT2D eigenvalue weighted by Crippen LogP contribution is 2.30. The molecular formula is C15H14Br2O. The first-order valence-electron chi connectivity index (χ1n) is 5.69. The van der Waals surface area contributed by atoms with E-state index in [-0.39, 0.29) is 0 Å². The molecule has 0 aliphatic rings. The van der Waals surface area contributed by atoms with Crippen LogP contribution in [0.4, 0.5) is 0 Å². The molecule has 0 amide bonds. The molecule has 0 unspecified atom stereocenters. The lowest BCUT2D eigenvalue weighted by atomic mass is 10.1. The van der Waals surface area contributed by atoms with Crippen LogP contribution >= 0.6 is 31.9 Å². The maximum atomic E-state index is 5.90. The van der Waals surface area contributed by atoms with Crippen LogP contribution in [-0.4, -0.2) is 0 Å². The lowest BCUT2D eigenvalue weighted by Gasteiger charge is -2.10. The first-order valence-corrected chi connectivity index (χ1v) is 7.61. The Morgan fingerprint density at radius 1 is 1.06 bits per heavy atom. The predicted molar refractivity (Wildman–Crippen MR) is 82.8 cm³/mol. The molecule has 0 atom stereocenters. The maximum absolute atomic E-state index is 5.90. The van der Waals surface area contributed by atoms with Gasteiger partial charge in [0.05, 0.1) is 0 Å². The fourth-order valence-corrected chi connectivity index (χ4v) is 3.10. The summed E-state index contributed by atoms with van der Waals surface area (Å²) in [4.78, 5) is 0. The molecule has 0 radical (unpaired) electrons. The Hall–Kier alpha value is -0.800. The van der Waals surface area contributed by atoms with Gasteiger partial charge >= 0.3 is 0 Å². The van der Waals surface area contributed by atoms with Gasteiger partial charge in [0, 0.05) is 9.80 Å². The molecule has 0 spiro atoms. The minimum Gasteiger partial charge on any atom is -0.457 e. The number of alkyl halides is 1. The van der Waals surface area contributed by atoms with Crippen molar-refractivity contribution >= 4 is 31.9 Å². The van der Waals surface area contributed by atoms with Crippen LogP contribution in [0.25, 0.3) is 0 Å². The van der Waals surface area contributed by atoms with E-state index in [1.807, 2.05) is 18.2 Å². The predicted octanol–water partition coefficient (Wildman–Crippen LogP) is 5.75. The number of rotatable bonds is 3. The van der Waals surface area contributed by atoms with Crippen molar-refractivity contribution in [3.8, 4) is 11.5 Å². The third-order valence-electron chi connectivity index (χ3n) is 2.73. The van der Waals surface area contributed by atoms with Crippen LogP contribution < -0.4 is 4.74 Å². The van der Waals surface area contributed by atoms with E-state index in [9.17, 15) is 0 Å². The van der Waals surface area contributed by atoms with Gasteiger partial charge in [0.1, 0.15) is 11.5 Å². The number of hydrogen-bond donors (Lipinski definition) is 0. The van der Waals surface area contributed by atoms with E-state index in [0.29, 0.717) is 0 Å². The van der Waals surface area contributed by atoms with Crippen molar-refractivity contribution in [1.29, 1.82) is 0 Å². The number of aryl methyl sites for hydroxylation is 2. The molecule has 0 N–H and O–H groups in total. The van der Waals surface area contributed by atoms with Crippen molar-refractivity contribution in [2.45, 2.75) is 19.2 Å². The highest BCUT2D eigenvalue weighted by Gasteiger charge is 2.04. The first kappa shape index (κ1) is 13.6. The minimum absolute atomic E-state index is 0.831. The summed E-state index contributed by atoms with van der Waals surface area (Å²) in [6.45, 7) is 4.14. The molecule has 2 aromatic carbocycles. The molecule has 18 heavy (non-hydrogen) atoms. The number of halogens is 2. The summed E-state index contributed by atoms with van der Waals surface area (Å²) in [6.07, 6.45) is 0. The molecular weight excluding hydrogens is 356 g/mol. The van der Waals surface area contributed by atoms with Crippen molar-refractivity contribution < 1.29 is 4.74 Å². The average molecular weight is 370 g/mol. The number of ether oxygens (including phenoxy) is 1. The Bertz CT molecular complexity index is 564. The van der Waals surface area contributed by atoms with Crippen LogP contribution in [0.3, 0.4) is 0 Å². The van der Waals surface area contributed by atoms with Gasteiger partial charge < -0.3 is 4.74 Å². The summed E-state index contributed by atoms with van der Waals surface area (Å²) in [5.41, 5.74) is 3.61. The smallest absolute Gasteiger partial charge is 0.130 e. The SMILES string of the molecule is Cc1ccc(Oc2ccc(CBr)c(Br)c2)c(C)c1. The van der Waals surface area contributed by atoms with Gasteiger partial charge in [0.15, 0.2) is 0 Å². The molecule has 2 aromatic rings. The van der Waals surface area contributed by atoms with E-state index in [0.717, 1.165) is 26.9 Å². The maximum Gasteiger partial charge on any atom is 0.130 e. The molecule has 0 saturated heterocycles. The first-order chi connectivity index (χ1) is 8.60. The Morgan fingerprint density at radius 3 is 2.44 bits per heavy atom. The molecule has 2 rings (SSSR count). The van der Waals surface area contributed by atoms with Crippen LogP contribution in [0.5, 0.6) is 11.5 Å². The topological polar surface area (TPSA) is 9.23 Å². The van der Waals surface area contributed by atoms with Gasteiger partial charge in [-0.05, 0) is 43.2 Å². The molecule has 0 aliphatic carbocycles. The van der Waals surface area contributed by atoms with E-state index in [1.165, 1.54) is 11.1 Å². The summed E-state index contributed by atoms with van der Waals surface area (Å²) in [7, 11) is 0. The van der Waals surface area contributed by atoms with Crippen LogP contribution in [0, 0.1) is 13.8 Å². The van der Waals surface area contributed by atoms with Gasteiger partial charge in [-0.15, -0.1) is 0 Å². The van der Waals surface area contributed by atoms with Crippen LogP contribution in [0.1, 0.15) is 16.7 Å². The third-order valence-corrected chi connectivity index (χ3v) is 4.07.